The van der Waals surface area contributed by atoms with E-state index in [0.29, 0.717) is 0 Å². The molecule has 0 aliphatic carbocycles. The zero-order chi connectivity index (χ0) is 43.7. The average Bonchev–Trinajstić information content (AvgIpc) is 3.86. The molecule has 4 heteroatoms. The highest BCUT2D eigenvalue weighted by Crippen LogP contribution is 2.40. The Labute approximate surface area is 380 Å². The van der Waals surface area contributed by atoms with E-state index in [1.165, 1.54) is 38.3 Å². The van der Waals surface area contributed by atoms with Gasteiger partial charge in [-0.3, -0.25) is 0 Å². The highest BCUT2D eigenvalue weighted by molar-refractivity contribution is 6.09. The monoisotopic (exact) mass is 834 g/mol. The van der Waals surface area contributed by atoms with Crippen molar-refractivity contribution in [1.82, 2.24) is 9.13 Å². The van der Waals surface area contributed by atoms with Crippen LogP contribution in [0.1, 0.15) is 11.3 Å². The molecule has 11 rings (SSSR count). The van der Waals surface area contributed by atoms with Crippen LogP contribution in [0.2, 0.25) is 0 Å². The number of para-hydroxylation sites is 5. The van der Waals surface area contributed by atoms with E-state index in [1.807, 2.05) is 12.2 Å². The Morgan fingerprint density at radius 3 is 1.12 bits per heavy atom. The van der Waals surface area contributed by atoms with Gasteiger partial charge < -0.3 is 18.9 Å². The van der Waals surface area contributed by atoms with E-state index in [-0.39, 0.29) is 0 Å². The number of hydrogen-bond acceptors (Lipinski definition) is 2. The summed E-state index contributed by atoms with van der Waals surface area (Å²) in [7, 11) is 0. The molecule has 9 aromatic carbocycles. The van der Waals surface area contributed by atoms with E-state index < -0.39 is 0 Å². The smallest absolute Gasteiger partial charge is 0.0541 e. The Hall–Kier alpha value is -8.60. The summed E-state index contributed by atoms with van der Waals surface area (Å²) in [5.41, 5.74) is 17.1. The van der Waals surface area contributed by atoms with Crippen molar-refractivity contribution in [2.24, 2.45) is 0 Å². The Bertz CT molecular complexity index is 3420. The molecule has 0 aliphatic heterocycles. The predicted octanol–water partition coefficient (Wildman–Crippen LogP) is 16.8. The zero-order valence-electron chi connectivity index (χ0n) is 36.2. The first-order valence-corrected chi connectivity index (χ1v) is 22.1. The maximum absolute atomic E-state index is 3.92. The Morgan fingerprint density at radius 1 is 0.354 bits per heavy atom. The number of fused-ring (bicyclic) bond motifs is 4. The molecule has 0 saturated carbocycles. The van der Waals surface area contributed by atoms with Gasteiger partial charge in [-0.25, -0.2) is 0 Å². The van der Waals surface area contributed by atoms with Crippen LogP contribution in [0.3, 0.4) is 0 Å². The highest BCUT2D eigenvalue weighted by atomic mass is 15.1. The number of hydrogen-bond donors (Lipinski definition) is 0. The lowest BCUT2D eigenvalue weighted by Crippen LogP contribution is -2.10. The van der Waals surface area contributed by atoms with Crippen LogP contribution in [0.25, 0.3) is 61.3 Å². The topological polar surface area (TPSA) is 16.3 Å². The molecule has 2 heterocycles. The van der Waals surface area contributed by atoms with Crippen LogP contribution >= 0.6 is 0 Å². The maximum Gasteiger partial charge on any atom is 0.0541 e. The molecule has 65 heavy (non-hydrogen) atoms. The van der Waals surface area contributed by atoms with E-state index in [9.17, 15) is 0 Å². The number of nitrogens with zero attached hydrogens (tertiary/aromatic N) is 4. The second-order valence-corrected chi connectivity index (χ2v) is 16.3. The lowest BCUT2D eigenvalue weighted by atomic mass is 10.0. The molecular formula is C61H46N4. The van der Waals surface area contributed by atoms with Crippen molar-refractivity contribution in [2.45, 2.75) is 6.92 Å². The van der Waals surface area contributed by atoms with Gasteiger partial charge >= 0.3 is 0 Å². The Kier molecular flexibility index (Phi) is 10.2. The van der Waals surface area contributed by atoms with Crippen LogP contribution in [0.15, 0.2) is 249 Å². The molecule has 0 fully saturated rings. The van der Waals surface area contributed by atoms with E-state index in [4.69, 9.17) is 0 Å². The predicted molar refractivity (Wildman–Crippen MR) is 276 cm³/mol. The van der Waals surface area contributed by atoms with Gasteiger partial charge in [0.1, 0.15) is 0 Å². The average molecular weight is 835 g/mol. The number of benzene rings is 9. The van der Waals surface area contributed by atoms with E-state index in [1.54, 1.807) is 0 Å². The summed E-state index contributed by atoms with van der Waals surface area (Å²) in [6.45, 7) is 6.11. The van der Waals surface area contributed by atoms with Crippen LogP contribution in [-0.2, 0) is 0 Å². The number of rotatable bonds is 11. The molecule has 0 bridgehead atoms. The summed E-state index contributed by atoms with van der Waals surface area (Å²) in [5.74, 6) is 0. The van der Waals surface area contributed by atoms with Gasteiger partial charge in [0.15, 0.2) is 0 Å². The van der Waals surface area contributed by atoms with Crippen LogP contribution in [0.5, 0.6) is 0 Å². The molecule has 310 valence electrons. The molecule has 0 atom stereocenters. The van der Waals surface area contributed by atoms with Gasteiger partial charge in [0.2, 0.25) is 0 Å². The molecule has 0 aliphatic rings. The summed E-state index contributed by atoms with van der Waals surface area (Å²) in [5, 5.41) is 3.77. The van der Waals surface area contributed by atoms with Gasteiger partial charge in [-0.15, -0.1) is 0 Å². The molecule has 0 unspecified atom stereocenters. The summed E-state index contributed by atoms with van der Waals surface area (Å²) in [6.07, 6.45) is 5.98. The van der Waals surface area contributed by atoms with Crippen molar-refractivity contribution in [2.75, 3.05) is 9.80 Å². The Morgan fingerprint density at radius 2 is 0.692 bits per heavy atom. The molecule has 0 saturated heterocycles. The van der Waals surface area contributed by atoms with Crippen molar-refractivity contribution >= 4 is 72.9 Å². The minimum atomic E-state index is 1.08. The van der Waals surface area contributed by atoms with Crippen molar-refractivity contribution in [3.63, 3.8) is 0 Å². The van der Waals surface area contributed by atoms with Gasteiger partial charge in [-0.05, 0) is 145 Å². The molecule has 0 amide bonds. The second kappa shape index (κ2) is 16.9. The largest absolute Gasteiger partial charge is 0.311 e. The standard InChI is InChI=1S/C61H46N4/c1-3-4-24-58-44(2)55-21-11-14-25-59(55)64(58)53-40-36-51(37-41-53)62(47-17-7-5-8-18-47)49-32-28-45(29-33-49)46-30-34-50(35-31-46)63(48-19-9-6-10-20-48)52-38-42-54(43-39-52)65-60-26-15-12-22-56(60)57-23-13-16-27-61(57)65/h3-43H,1H2,2H3/b24-4-. The minimum Gasteiger partial charge on any atom is -0.311 e. The van der Waals surface area contributed by atoms with Crippen LogP contribution in [0, 0.1) is 6.92 Å². The van der Waals surface area contributed by atoms with Gasteiger partial charge in [-0.1, -0.05) is 134 Å². The lowest BCUT2D eigenvalue weighted by Gasteiger charge is -2.26. The maximum atomic E-state index is 3.92. The third kappa shape index (κ3) is 7.17. The fourth-order valence-corrected chi connectivity index (χ4v) is 9.41. The lowest BCUT2D eigenvalue weighted by molar-refractivity contribution is 1.09. The minimum absolute atomic E-state index is 1.08. The van der Waals surface area contributed by atoms with E-state index in [2.05, 4.69) is 269 Å². The molecular weight excluding hydrogens is 789 g/mol. The van der Waals surface area contributed by atoms with E-state index in [0.717, 1.165) is 62.3 Å². The third-order valence-electron chi connectivity index (χ3n) is 12.5. The van der Waals surface area contributed by atoms with Crippen LogP contribution in [-0.4, -0.2) is 9.13 Å². The summed E-state index contributed by atoms with van der Waals surface area (Å²) < 4.78 is 4.70. The molecule has 0 radical (unpaired) electrons. The number of aryl methyl sites for hydroxylation is 1. The van der Waals surface area contributed by atoms with Crippen LogP contribution in [0.4, 0.5) is 34.1 Å². The summed E-state index contributed by atoms with van der Waals surface area (Å²) in [4.78, 5) is 4.64. The molecule has 11 aromatic rings. The number of allylic oxidation sites excluding steroid dienone is 2. The first kappa shape index (κ1) is 39.3. The number of aromatic nitrogens is 2. The molecule has 2 aromatic heterocycles. The van der Waals surface area contributed by atoms with E-state index >= 15 is 0 Å². The zero-order valence-corrected chi connectivity index (χ0v) is 36.2. The van der Waals surface area contributed by atoms with Gasteiger partial charge in [0, 0.05) is 67.4 Å². The molecule has 0 spiro atoms. The SMILES string of the molecule is C=C/C=C\c1c(C)c2ccccc2n1-c1ccc(N(c2ccccc2)c2ccc(-c3ccc(N(c4ccccc4)c4ccc(-n5c6ccccc6c6ccccc65)cc4)cc3)cc2)cc1. The molecule has 0 N–H and O–H groups in total. The number of anilines is 6. The second-order valence-electron chi connectivity index (χ2n) is 16.3. The first-order valence-electron chi connectivity index (χ1n) is 22.1. The van der Waals surface area contributed by atoms with Crippen molar-refractivity contribution in [1.29, 1.82) is 0 Å². The summed E-state index contributed by atoms with van der Waals surface area (Å²) >= 11 is 0. The van der Waals surface area contributed by atoms with Crippen molar-refractivity contribution < 1.29 is 0 Å². The first-order chi connectivity index (χ1) is 32.1. The quantitative estimate of drug-likeness (QED) is 0.121. The van der Waals surface area contributed by atoms with Gasteiger partial charge in [0.25, 0.3) is 0 Å². The fraction of sp³-hybridized carbons (Fsp3) is 0.0164. The Balaban J connectivity index is 0.896. The fourth-order valence-electron chi connectivity index (χ4n) is 9.41. The highest BCUT2D eigenvalue weighted by Gasteiger charge is 2.18. The molecule has 4 nitrogen and oxygen atoms in total. The van der Waals surface area contributed by atoms with Gasteiger partial charge in [-0.2, -0.15) is 0 Å². The summed E-state index contributed by atoms with van der Waals surface area (Å²) in [6, 6.07) is 82.7. The van der Waals surface area contributed by atoms with Crippen LogP contribution < -0.4 is 9.80 Å². The van der Waals surface area contributed by atoms with Crippen molar-refractivity contribution in [3.8, 4) is 22.5 Å². The normalized spacial score (nSPS) is 11.5. The van der Waals surface area contributed by atoms with Crippen molar-refractivity contribution in [3.05, 3.63) is 261 Å². The van der Waals surface area contributed by atoms with Gasteiger partial charge in [0.05, 0.1) is 16.6 Å². The third-order valence-corrected chi connectivity index (χ3v) is 12.5.